The first-order valence-electron chi connectivity index (χ1n) is 7.22. The monoisotopic (exact) mass is 342 g/mol. The molecule has 5 heteroatoms. The average molecular weight is 343 g/mol. The summed E-state index contributed by atoms with van der Waals surface area (Å²) in [5.41, 5.74) is 1.06. The van der Waals surface area contributed by atoms with Gasteiger partial charge in [-0.3, -0.25) is 10.1 Å². The molecule has 0 aliphatic rings. The Morgan fingerprint density at radius 1 is 1.40 bits per heavy atom. The third-order valence-electron chi connectivity index (χ3n) is 3.55. The quantitative estimate of drug-likeness (QED) is 0.524. The van der Waals surface area contributed by atoms with Gasteiger partial charge in [0, 0.05) is 12.6 Å². The van der Waals surface area contributed by atoms with Gasteiger partial charge < -0.3 is 5.32 Å². The minimum absolute atomic E-state index is 0.127. The van der Waals surface area contributed by atoms with E-state index in [9.17, 15) is 10.1 Å². The van der Waals surface area contributed by atoms with Gasteiger partial charge in [0.25, 0.3) is 5.69 Å². The second-order valence-corrected chi connectivity index (χ2v) is 5.85. The lowest BCUT2D eigenvalue weighted by Gasteiger charge is -2.15. The van der Waals surface area contributed by atoms with Crippen molar-refractivity contribution < 1.29 is 4.92 Å². The fourth-order valence-corrected chi connectivity index (χ4v) is 2.75. The second kappa shape index (κ2) is 9.08. The molecule has 0 radical (unpaired) electrons. The highest BCUT2D eigenvalue weighted by Gasteiger charge is 2.14. The SMILES string of the molecule is CCCCC(CC)CNCc1cccc([N+](=O)[O-])c1Br. The van der Waals surface area contributed by atoms with Crippen LogP contribution in [0.25, 0.3) is 0 Å². The van der Waals surface area contributed by atoms with Crippen molar-refractivity contribution in [2.24, 2.45) is 5.92 Å². The number of nitro benzene ring substituents is 1. The summed E-state index contributed by atoms with van der Waals surface area (Å²) in [7, 11) is 0. The summed E-state index contributed by atoms with van der Waals surface area (Å²) in [6, 6.07) is 5.16. The van der Waals surface area contributed by atoms with Gasteiger partial charge in [0.15, 0.2) is 0 Å². The Morgan fingerprint density at radius 2 is 2.15 bits per heavy atom. The lowest BCUT2D eigenvalue weighted by Crippen LogP contribution is -2.22. The van der Waals surface area contributed by atoms with Crippen LogP contribution < -0.4 is 5.32 Å². The molecule has 1 N–H and O–H groups in total. The molecule has 1 aromatic carbocycles. The van der Waals surface area contributed by atoms with Crippen molar-refractivity contribution in [2.75, 3.05) is 6.54 Å². The Kier molecular flexibility index (Phi) is 7.77. The number of nitro groups is 1. The van der Waals surface area contributed by atoms with E-state index in [2.05, 4.69) is 35.1 Å². The molecule has 0 amide bonds. The Balaban J connectivity index is 2.53. The van der Waals surface area contributed by atoms with Crippen molar-refractivity contribution in [3.05, 3.63) is 38.3 Å². The van der Waals surface area contributed by atoms with Gasteiger partial charge in [0.1, 0.15) is 0 Å². The van der Waals surface area contributed by atoms with Gasteiger partial charge in [-0.2, -0.15) is 0 Å². The molecule has 0 spiro atoms. The molecule has 0 bridgehead atoms. The lowest BCUT2D eigenvalue weighted by molar-refractivity contribution is -0.385. The van der Waals surface area contributed by atoms with Crippen LogP contribution in [0.15, 0.2) is 22.7 Å². The Morgan fingerprint density at radius 3 is 2.75 bits per heavy atom. The van der Waals surface area contributed by atoms with Crippen molar-refractivity contribution >= 4 is 21.6 Å². The van der Waals surface area contributed by atoms with Crippen LogP contribution in [0.2, 0.25) is 0 Å². The van der Waals surface area contributed by atoms with Crippen LogP contribution in [0.4, 0.5) is 5.69 Å². The van der Waals surface area contributed by atoms with Crippen molar-refractivity contribution in [1.29, 1.82) is 0 Å². The van der Waals surface area contributed by atoms with Crippen LogP contribution in [-0.2, 0) is 6.54 Å². The van der Waals surface area contributed by atoms with Gasteiger partial charge in [-0.05, 0) is 40.4 Å². The highest BCUT2D eigenvalue weighted by molar-refractivity contribution is 9.10. The number of nitrogens with one attached hydrogen (secondary N) is 1. The molecule has 0 aliphatic heterocycles. The Labute approximate surface area is 129 Å². The molecule has 1 atom stereocenters. The van der Waals surface area contributed by atoms with Gasteiger partial charge in [0.2, 0.25) is 0 Å². The molecule has 1 unspecified atom stereocenters. The maximum Gasteiger partial charge on any atom is 0.283 e. The zero-order valence-electron chi connectivity index (χ0n) is 12.2. The molecule has 0 aliphatic carbocycles. The zero-order chi connectivity index (χ0) is 15.0. The molecule has 0 fully saturated rings. The zero-order valence-corrected chi connectivity index (χ0v) is 13.8. The van der Waals surface area contributed by atoms with Crippen LogP contribution in [0.3, 0.4) is 0 Å². The first-order chi connectivity index (χ1) is 9.60. The van der Waals surface area contributed by atoms with E-state index in [-0.39, 0.29) is 10.6 Å². The largest absolute Gasteiger partial charge is 0.312 e. The van der Waals surface area contributed by atoms with E-state index < -0.39 is 0 Å². The van der Waals surface area contributed by atoms with E-state index in [1.54, 1.807) is 6.07 Å². The lowest BCUT2D eigenvalue weighted by atomic mass is 9.99. The van der Waals surface area contributed by atoms with E-state index in [4.69, 9.17) is 0 Å². The van der Waals surface area contributed by atoms with Crippen molar-refractivity contribution in [1.82, 2.24) is 5.32 Å². The molecule has 112 valence electrons. The van der Waals surface area contributed by atoms with Crippen LogP contribution >= 0.6 is 15.9 Å². The first kappa shape index (κ1) is 17.1. The van der Waals surface area contributed by atoms with Crippen LogP contribution in [0.5, 0.6) is 0 Å². The predicted molar refractivity (Wildman–Crippen MR) is 85.8 cm³/mol. The minimum Gasteiger partial charge on any atom is -0.312 e. The summed E-state index contributed by atoms with van der Waals surface area (Å²) in [6.45, 7) is 6.04. The smallest absolute Gasteiger partial charge is 0.283 e. The maximum absolute atomic E-state index is 10.9. The number of halogens is 1. The summed E-state index contributed by atoms with van der Waals surface area (Å²) in [6.07, 6.45) is 4.91. The van der Waals surface area contributed by atoms with Gasteiger partial charge in [-0.1, -0.05) is 45.2 Å². The molecular formula is C15H23BrN2O2. The summed E-state index contributed by atoms with van der Waals surface area (Å²) in [5, 5.41) is 14.3. The van der Waals surface area contributed by atoms with Gasteiger partial charge >= 0.3 is 0 Å². The molecule has 20 heavy (non-hydrogen) atoms. The van der Waals surface area contributed by atoms with Gasteiger partial charge in [0.05, 0.1) is 9.40 Å². The first-order valence-corrected chi connectivity index (χ1v) is 8.01. The Hall–Kier alpha value is -0.940. The molecule has 0 heterocycles. The third kappa shape index (κ3) is 5.21. The standard InChI is InChI=1S/C15H23BrN2O2/c1-3-5-7-12(4-2)10-17-11-13-8-6-9-14(15(13)16)18(19)20/h6,8-9,12,17H,3-5,7,10-11H2,1-2H3. The number of hydrogen-bond acceptors (Lipinski definition) is 3. The summed E-state index contributed by atoms with van der Waals surface area (Å²) in [4.78, 5) is 10.5. The molecule has 1 aromatic rings. The number of hydrogen-bond donors (Lipinski definition) is 1. The average Bonchev–Trinajstić information content (AvgIpc) is 2.44. The fraction of sp³-hybridized carbons (Fsp3) is 0.600. The van der Waals surface area contributed by atoms with Crippen LogP contribution in [-0.4, -0.2) is 11.5 Å². The molecule has 0 saturated carbocycles. The molecule has 4 nitrogen and oxygen atoms in total. The fourth-order valence-electron chi connectivity index (χ4n) is 2.20. The van der Waals surface area contributed by atoms with E-state index in [1.165, 1.54) is 31.7 Å². The number of rotatable bonds is 9. The summed E-state index contributed by atoms with van der Waals surface area (Å²) in [5.74, 6) is 0.687. The second-order valence-electron chi connectivity index (χ2n) is 5.05. The van der Waals surface area contributed by atoms with E-state index in [1.807, 2.05) is 6.07 Å². The van der Waals surface area contributed by atoms with E-state index in [0.29, 0.717) is 16.9 Å². The van der Waals surface area contributed by atoms with E-state index in [0.717, 1.165) is 12.1 Å². The number of nitrogens with zero attached hydrogens (tertiary/aromatic N) is 1. The van der Waals surface area contributed by atoms with E-state index >= 15 is 0 Å². The predicted octanol–water partition coefficient (Wildman–Crippen LogP) is 4.66. The van der Waals surface area contributed by atoms with Gasteiger partial charge in [-0.25, -0.2) is 0 Å². The van der Waals surface area contributed by atoms with Crippen molar-refractivity contribution in [3.63, 3.8) is 0 Å². The Bertz CT molecular complexity index is 438. The van der Waals surface area contributed by atoms with Crippen molar-refractivity contribution in [3.8, 4) is 0 Å². The van der Waals surface area contributed by atoms with Crippen molar-refractivity contribution in [2.45, 2.75) is 46.1 Å². The topological polar surface area (TPSA) is 55.2 Å². The molecule has 0 saturated heterocycles. The molecule has 0 aromatic heterocycles. The highest BCUT2D eigenvalue weighted by atomic mass is 79.9. The maximum atomic E-state index is 10.9. The van der Waals surface area contributed by atoms with Crippen LogP contribution in [0, 0.1) is 16.0 Å². The summed E-state index contributed by atoms with van der Waals surface area (Å²) >= 11 is 3.33. The minimum atomic E-state index is -0.357. The molecule has 1 rings (SSSR count). The number of benzene rings is 1. The van der Waals surface area contributed by atoms with Crippen LogP contribution in [0.1, 0.15) is 45.1 Å². The molecular weight excluding hydrogens is 320 g/mol. The summed E-state index contributed by atoms with van der Waals surface area (Å²) < 4.78 is 0.583. The van der Waals surface area contributed by atoms with Gasteiger partial charge in [-0.15, -0.1) is 0 Å². The number of unbranched alkanes of at least 4 members (excludes halogenated alkanes) is 1. The normalized spacial score (nSPS) is 12.3. The highest BCUT2D eigenvalue weighted by Crippen LogP contribution is 2.28. The third-order valence-corrected chi connectivity index (χ3v) is 4.46.